The number of nitrogens with zero attached hydrogens (tertiary/aromatic N) is 3. The molecule has 0 saturated carbocycles. The molecule has 1 heterocycles. The van der Waals surface area contributed by atoms with E-state index in [1.165, 1.54) is 11.8 Å². The van der Waals surface area contributed by atoms with Crippen molar-refractivity contribution in [3.8, 4) is 17.1 Å². The van der Waals surface area contributed by atoms with Crippen LogP contribution < -0.4 is 5.32 Å². The molecule has 0 aliphatic rings. The molecular weight excluding hydrogens is 487 g/mol. The number of nitrogens with one attached hydrogen (secondary N) is 1. The van der Waals surface area contributed by atoms with E-state index < -0.39 is 0 Å². The first-order valence-electron chi connectivity index (χ1n) is 9.56. The van der Waals surface area contributed by atoms with E-state index in [1.807, 2.05) is 54.0 Å². The van der Waals surface area contributed by atoms with Crippen LogP contribution in [0.4, 0.5) is 5.69 Å². The largest absolute Gasteiger partial charge is 0.325 e. The van der Waals surface area contributed by atoms with Gasteiger partial charge in [-0.15, -0.1) is 10.2 Å². The second-order valence-corrected chi connectivity index (χ2v) is 9.23. The highest BCUT2D eigenvalue weighted by atomic mass is 35.5. The van der Waals surface area contributed by atoms with Crippen LogP contribution in [0.25, 0.3) is 17.1 Å². The van der Waals surface area contributed by atoms with Gasteiger partial charge in [0.2, 0.25) is 5.91 Å². The zero-order valence-corrected chi connectivity index (χ0v) is 19.9. The zero-order valence-electron chi connectivity index (χ0n) is 16.8. The number of aryl methyl sites for hydroxylation is 1. The SMILES string of the molecule is Cc1ccc(-n2c(SCC(=O)Nc3cc(Cl)cc(Cl)c3)nnc2-c2cccc(Cl)c2)cc1. The van der Waals surface area contributed by atoms with Crippen molar-refractivity contribution < 1.29 is 4.79 Å². The van der Waals surface area contributed by atoms with Crippen molar-refractivity contribution in [2.24, 2.45) is 0 Å². The van der Waals surface area contributed by atoms with Crippen molar-refractivity contribution in [3.05, 3.63) is 87.4 Å². The average Bonchev–Trinajstić information content (AvgIpc) is 3.16. The molecule has 0 fully saturated rings. The summed E-state index contributed by atoms with van der Waals surface area (Å²) in [4.78, 5) is 12.5. The first kappa shape index (κ1) is 22.7. The summed E-state index contributed by atoms with van der Waals surface area (Å²) >= 11 is 19.5. The molecule has 0 aliphatic heterocycles. The van der Waals surface area contributed by atoms with E-state index in [-0.39, 0.29) is 11.7 Å². The van der Waals surface area contributed by atoms with Gasteiger partial charge < -0.3 is 5.32 Å². The fraction of sp³-hybridized carbons (Fsp3) is 0.0870. The van der Waals surface area contributed by atoms with Gasteiger partial charge >= 0.3 is 0 Å². The summed E-state index contributed by atoms with van der Waals surface area (Å²) in [5.41, 5.74) is 3.39. The summed E-state index contributed by atoms with van der Waals surface area (Å²) < 4.78 is 1.92. The lowest BCUT2D eigenvalue weighted by Crippen LogP contribution is -2.14. The number of carbonyl (C=O) groups excluding carboxylic acids is 1. The molecule has 1 aromatic heterocycles. The number of thioether (sulfide) groups is 1. The number of anilines is 1. The lowest BCUT2D eigenvalue weighted by atomic mass is 10.2. The fourth-order valence-corrected chi connectivity index (χ4v) is 4.53. The van der Waals surface area contributed by atoms with Crippen LogP contribution in [0.3, 0.4) is 0 Å². The second-order valence-electron chi connectivity index (χ2n) is 6.98. The molecule has 3 aromatic carbocycles. The van der Waals surface area contributed by atoms with Crippen molar-refractivity contribution in [1.29, 1.82) is 0 Å². The van der Waals surface area contributed by atoms with Gasteiger partial charge in [0, 0.05) is 32.0 Å². The van der Waals surface area contributed by atoms with Gasteiger partial charge in [-0.05, 0) is 49.4 Å². The number of halogens is 3. The molecule has 1 amide bonds. The van der Waals surface area contributed by atoms with E-state index in [1.54, 1.807) is 24.3 Å². The highest BCUT2D eigenvalue weighted by Crippen LogP contribution is 2.30. The van der Waals surface area contributed by atoms with Gasteiger partial charge in [-0.3, -0.25) is 9.36 Å². The van der Waals surface area contributed by atoms with Gasteiger partial charge in [0.25, 0.3) is 0 Å². The topological polar surface area (TPSA) is 59.8 Å². The second kappa shape index (κ2) is 9.96. The van der Waals surface area contributed by atoms with Gasteiger partial charge in [0.1, 0.15) is 0 Å². The van der Waals surface area contributed by atoms with E-state index in [0.29, 0.717) is 31.7 Å². The quantitative estimate of drug-likeness (QED) is 0.290. The summed E-state index contributed by atoms with van der Waals surface area (Å²) in [6.07, 6.45) is 0. The minimum atomic E-state index is -0.212. The normalized spacial score (nSPS) is 10.9. The summed E-state index contributed by atoms with van der Waals surface area (Å²) in [5.74, 6) is 0.556. The fourth-order valence-electron chi connectivity index (χ4n) is 3.06. The third kappa shape index (κ3) is 5.45. The number of benzene rings is 3. The molecule has 9 heteroatoms. The molecule has 0 aliphatic carbocycles. The molecular formula is C23H17Cl3N4OS. The number of hydrogen-bond acceptors (Lipinski definition) is 4. The van der Waals surface area contributed by atoms with Crippen LogP contribution >= 0.6 is 46.6 Å². The van der Waals surface area contributed by atoms with Crippen molar-refractivity contribution in [2.45, 2.75) is 12.1 Å². The van der Waals surface area contributed by atoms with Gasteiger partial charge in [0.05, 0.1) is 5.75 Å². The smallest absolute Gasteiger partial charge is 0.234 e. The minimum absolute atomic E-state index is 0.129. The summed E-state index contributed by atoms with van der Waals surface area (Å²) in [7, 11) is 0. The number of hydrogen-bond donors (Lipinski definition) is 1. The molecule has 162 valence electrons. The molecule has 0 saturated heterocycles. The molecule has 5 nitrogen and oxygen atoms in total. The van der Waals surface area contributed by atoms with Gasteiger partial charge in [-0.1, -0.05) is 76.4 Å². The maximum absolute atomic E-state index is 12.5. The van der Waals surface area contributed by atoms with Crippen molar-refractivity contribution in [1.82, 2.24) is 14.8 Å². The first-order chi connectivity index (χ1) is 15.4. The van der Waals surface area contributed by atoms with Crippen molar-refractivity contribution in [3.63, 3.8) is 0 Å². The highest BCUT2D eigenvalue weighted by Gasteiger charge is 2.18. The number of carbonyl (C=O) groups is 1. The van der Waals surface area contributed by atoms with E-state index in [2.05, 4.69) is 15.5 Å². The van der Waals surface area contributed by atoms with E-state index in [4.69, 9.17) is 34.8 Å². The van der Waals surface area contributed by atoms with Crippen molar-refractivity contribution in [2.75, 3.05) is 11.1 Å². The van der Waals surface area contributed by atoms with Crippen LogP contribution in [0, 0.1) is 6.92 Å². The number of aromatic nitrogens is 3. The summed E-state index contributed by atoms with van der Waals surface area (Å²) in [5, 5.41) is 13.6. The third-order valence-electron chi connectivity index (χ3n) is 4.49. The lowest BCUT2D eigenvalue weighted by molar-refractivity contribution is -0.113. The molecule has 0 radical (unpaired) electrons. The maximum atomic E-state index is 12.5. The Kier molecular flexibility index (Phi) is 7.06. The predicted octanol–water partition coefficient (Wildman–Crippen LogP) is 6.93. The van der Waals surface area contributed by atoms with Crippen LogP contribution in [-0.4, -0.2) is 26.4 Å². The monoisotopic (exact) mass is 502 g/mol. The van der Waals surface area contributed by atoms with E-state index in [0.717, 1.165) is 16.8 Å². The Bertz CT molecular complexity index is 1250. The van der Waals surface area contributed by atoms with Crippen LogP contribution in [0.5, 0.6) is 0 Å². The maximum Gasteiger partial charge on any atom is 0.234 e. The van der Waals surface area contributed by atoms with Gasteiger partial charge in [-0.2, -0.15) is 0 Å². The van der Waals surface area contributed by atoms with Crippen LogP contribution in [0.2, 0.25) is 15.1 Å². The molecule has 0 spiro atoms. The molecule has 4 rings (SSSR count). The lowest BCUT2D eigenvalue weighted by Gasteiger charge is -2.11. The Morgan fingerprint density at radius 1 is 0.938 bits per heavy atom. The van der Waals surface area contributed by atoms with Crippen LogP contribution in [0.1, 0.15) is 5.56 Å². The molecule has 0 bridgehead atoms. The average molecular weight is 504 g/mol. The molecule has 0 atom stereocenters. The predicted molar refractivity (Wildman–Crippen MR) is 132 cm³/mol. The minimum Gasteiger partial charge on any atom is -0.325 e. The Hall–Kier alpha value is -2.51. The molecule has 4 aromatic rings. The highest BCUT2D eigenvalue weighted by molar-refractivity contribution is 7.99. The number of amides is 1. The van der Waals surface area contributed by atoms with E-state index >= 15 is 0 Å². The standard InChI is InChI=1S/C23H17Cl3N4OS/c1-14-5-7-20(8-6-14)30-22(15-3-2-4-16(24)9-15)28-29-23(30)32-13-21(31)27-19-11-17(25)10-18(26)12-19/h2-12H,13H2,1H3,(H,27,31). The van der Waals surface area contributed by atoms with Crippen molar-refractivity contribution >= 4 is 58.2 Å². The summed E-state index contributed by atoms with van der Waals surface area (Å²) in [6.45, 7) is 2.02. The molecule has 32 heavy (non-hydrogen) atoms. The Morgan fingerprint density at radius 3 is 2.34 bits per heavy atom. The Morgan fingerprint density at radius 2 is 1.66 bits per heavy atom. The number of rotatable bonds is 6. The molecule has 0 unspecified atom stereocenters. The zero-order chi connectivity index (χ0) is 22.7. The first-order valence-corrected chi connectivity index (χ1v) is 11.7. The Labute approximate surface area is 204 Å². The van der Waals surface area contributed by atoms with Gasteiger partial charge in [-0.25, -0.2) is 0 Å². The van der Waals surface area contributed by atoms with E-state index in [9.17, 15) is 4.79 Å². The Balaban J connectivity index is 1.60. The van der Waals surface area contributed by atoms with Crippen LogP contribution in [0.15, 0.2) is 71.9 Å². The van der Waals surface area contributed by atoms with Gasteiger partial charge in [0.15, 0.2) is 11.0 Å². The molecule has 1 N–H and O–H groups in total. The third-order valence-corrected chi connectivity index (χ3v) is 6.09. The summed E-state index contributed by atoms with van der Waals surface area (Å²) in [6, 6.07) is 20.3. The van der Waals surface area contributed by atoms with Crippen LogP contribution in [-0.2, 0) is 4.79 Å².